The van der Waals surface area contributed by atoms with Crippen molar-refractivity contribution in [2.45, 2.75) is 100 Å². The highest BCUT2D eigenvalue weighted by Crippen LogP contribution is 2.21. The molecule has 1 aliphatic rings. The normalized spacial score (nSPS) is 15.9. The highest BCUT2D eigenvalue weighted by atomic mass is 16.4. The van der Waals surface area contributed by atoms with E-state index in [-0.39, 0.29) is 56.6 Å². The number of nitrogens with two attached hydrogens (primary N) is 2. The molecule has 0 saturated heterocycles. The van der Waals surface area contributed by atoms with Crippen LogP contribution in [0, 0.1) is 0 Å². The van der Waals surface area contributed by atoms with E-state index in [2.05, 4.69) is 26.6 Å². The average molecular weight is 842 g/mol. The minimum atomic E-state index is -1.64. The standard InChI is InChI=1S/C44H55N7O10/c45-21-11-9-20-33(44(60)61)49-42(58)35(24-28-15-5-2-6-16-28)51-41(57)32(19-10-12-22-47-34-25-37(52)29-17-7-8-18-30(29)39(34)55)48-43(59)36(26-38(53)54)50-40(56)31(46)23-27-13-3-1-4-14-27/h1-8,13-18,31-36,47H,9-12,19-26,45-46H2,(H,48,59)(H,49,58)(H,50,56)(H,51,57)(H,53,54)(H,60,61)/t31-,32-,33-,34?,35-,36-/m0/s1. The number of fused-ring (bicyclic) bond motifs is 1. The molecule has 0 saturated carbocycles. The molecule has 0 aliphatic heterocycles. The molecule has 0 radical (unpaired) electrons. The third-order valence-corrected chi connectivity index (χ3v) is 10.3. The molecule has 0 bridgehead atoms. The van der Waals surface area contributed by atoms with Gasteiger partial charge in [0.25, 0.3) is 0 Å². The summed E-state index contributed by atoms with van der Waals surface area (Å²) in [7, 11) is 0. The van der Waals surface area contributed by atoms with Gasteiger partial charge in [0.2, 0.25) is 23.6 Å². The second-order valence-corrected chi connectivity index (χ2v) is 15.0. The fourth-order valence-corrected chi connectivity index (χ4v) is 6.95. The Hall–Kier alpha value is -6.30. The second kappa shape index (κ2) is 24.1. The van der Waals surface area contributed by atoms with Gasteiger partial charge in [0.15, 0.2) is 11.6 Å². The summed E-state index contributed by atoms with van der Waals surface area (Å²) in [5, 5.41) is 32.7. The highest BCUT2D eigenvalue weighted by Gasteiger charge is 2.34. The molecule has 0 fully saturated rings. The molecule has 17 nitrogen and oxygen atoms in total. The summed E-state index contributed by atoms with van der Waals surface area (Å²) < 4.78 is 0. The Morgan fingerprint density at radius 2 is 1.11 bits per heavy atom. The van der Waals surface area contributed by atoms with Crippen molar-refractivity contribution < 1.29 is 48.6 Å². The van der Waals surface area contributed by atoms with Gasteiger partial charge in [-0.25, -0.2) is 4.79 Å². The van der Waals surface area contributed by atoms with Gasteiger partial charge < -0.3 is 48.3 Å². The van der Waals surface area contributed by atoms with Gasteiger partial charge in [-0.15, -0.1) is 0 Å². The summed E-state index contributed by atoms with van der Waals surface area (Å²) in [5.41, 5.74) is 13.8. The SMILES string of the molecule is NCCCC[C@H](NC(=O)[C@H](Cc1ccccc1)NC(=O)[C@H](CCCCNC1CC(=O)c2ccccc2C1=O)NC(=O)[C@H](CC(=O)O)NC(=O)[C@@H](N)Cc1ccccc1)C(=O)O. The molecule has 11 N–H and O–H groups in total. The van der Waals surface area contributed by atoms with Gasteiger partial charge in [0.1, 0.15) is 24.2 Å². The molecular weight excluding hydrogens is 787 g/mol. The number of carboxylic acid groups (broad SMARTS) is 2. The molecule has 326 valence electrons. The Morgan fingerprint density at radius 3 is 1.74 bits per heavy atom. The van der Waals surface area contributed by atoms with Gasteiger partial charge in [-0.3, -0.25) is 33.6 Å². The van der Waals surface area contributed by atoms with Crippen molar-refractivity contribution in [2.75, 3.05) is 13.1 Å². The third-order valence-electron chi connectivity index (χ3n) is 10.3. The first kappa shape index (κ1) is 47.4. The molecular formula is C44H55N7O10. The molecule has 17 heteroatoms. The topological polar surface area (TPSA) is 289 Å². The largest absolute Gasteiger partial charge is 0.481 e. The lowest BCUT2D eigenvalue weighted by Gasteiger charge is -2.26. The van der Waals surface area contributed by atoms with Crippen LogP contribution in [0.2, 0.25) is 0 Å². The van der Waals surface area contributed by atoms with Gasteiger partial charge in [-0.2, -0.15) is 0 Å². The number of nitrogens with one attached hydrogen (secondary N) is 5. The molecule has 61 heavy (non-hydrogen) atoms. The van der Waals surface area contributed by atoms with Crippen molar-refractivity contribution in [1.29, 1.82) is 0 Å². The first-order valence-corrected chi connectivity index (χ1v) is 20.4. The van der Waals surface area contributed by atoms with E-state index in [9.17, 15) is 48.6 Å². The number of hydrogen-bond donors (Lipinski definition) is 9. The third kappa shape index (κ3) is 15.0. The number of carbonyl (C=O) groups excluding carboxylic acids is 6. The molecule has 0 heterocycles. The van der Waals surface area contributed by atoms with Crippen LogP contribution in [0.4, 0.5) is 0 Å². The summed E-state index contributed by atoms with van der Waals surface area (Å²) in [6, 6.07) is 16.6. The molecule has 3 aromatic carbocycles. The summed E-state index contributed by atoms with van der Waals surface area (Å²) in [4.78, 5) is 105. The smallest absolute Gasteiger partial charge is 0.326 e. The van der Waals surface area contributed by atoms with Crippen LogP contribution in [0.5, 0.6) is 0 Å². The molecule has 6 atom stereocenters. The van der Waals surface area contributed by atoms with Crippen LogP contribution in [0.1, 0.15) is 83.2 Å². The number of rotatable bonds is 25. The minimum Gasteiger partial charge on any atom is -0.481 e. The van der Waals surface area contributed by atoms with Crippen molar-refractivity contribution in [3.8, 4) is 0 Å². The lowest BCUT2D eigenvalue weighted by molar-refractivity contribution is -0.142. The predicted octanol–water partition coefficient (Wildman–Crippen LogP) is 1.02. The monoisotopic (exact) mass is 841 g/mol. The van der Waals surface area contributed by atoms with Gasteiger partial charge in [-0.05, 0) is 69.2 Å². The number of Topliss-reactive ketones (excluding diaryl/α,β-unsaturated/α-hetero) is 2. The van der Waals surface area contributed by atoms with Crippen molar-refractivity contribution in [3.05, 3.63) is 107 Å². The molecule has 4 amide bonds. The maximum atomic E-state index is 14.1. The van der Waals surface area contributed by atoms with Crippen molar-refractivity contribution >= 4 is 47.1 Å². The zero-order valence-corrected chi connectivity index (χ0v) is 33.8. The molecule has 1 unspecified atom stereocenters. The van der Waals surface area contributed by atoms with Gasteiger partial charge in [0, 0.05) is 24.0 Å². The number of benzene rings is 3. The Labute approximate surface area is 353 Å². The number of amides is 4. The van der Waals surface area contributed by atoms with E-state index in [0.717, 1.165) is 5.56 Å². The average Bonchev–Trinajstić information content (AvgIpc) is 3.24. The second-order valence-electron chi connectivity index (χ2n) is 15.0. The van der Waals surface area contributed by atoms with Gasteiger partial charge in [-0.1, -0.05) is 84.9 Å². The van der Waals surface area contributed by atoms with Crippen LogP contribution < -0.4 is 38.1 Å². The predicted molar refractivity (Wildman–Crippen MR) is 224 cm³/mol. The first-order valence-electron chi connectivity index (χ1n) is 20.4. The van der Waals surface area contributed by atoms with E-state index in [1.807, 2.05) is 0 Å². The van der Waals surface area contributed by atoms with E-state index in [1.54, 1.807) is 84.9 Å². The number of ketones is 2. The van der Waals surface area contributed by atoms with Crippen LogP contribution >= 0.6 is 0 Å². The zero-order chi connectivity index (χ0) is 44.3. The Morgan fingerprint density at radius 1 is 0.607 bits per heavy atom. The molecule has 0 spiro atoms. The van der Waals surface area contributed by atoms with Crippen LogP contribution in [0.3, 0.4) is 0 Å². The number of unbranched alkanes of at least 4 members (excludes halogenated alkanes) is 2. The Kier molecular flexibility index (Phi) is 18.7. The summed E-state index contributed by atoms with van der Waals surface area (Å²) in [6.45, 7) is 0.589. The zero-order valence-electron chi connectivity index (χ0n) is 33.8. The molecule has 1 aliphatic carbocycles. The summed E-state index contributed by atoms with van der Waals surface area (Å²) in [5.74, 6) is -6.50. The van der Waals surface area contributed by atoms with Crippen molar-refractivity contribution in [1.82, 2.24) is 26.6 Å². The van der Waals surface area contributed by atoms with Crippen molar-refractivity contribution in [3.63, 3.8) is 0 Å². The number of aliphatic carboxylic acids is 2. The van der Waals surface area contributed by atoms with Gasteiger partial charge >= 0.3 is 11.9 Å². The fraction of sp³-hybridized carbons (Fsp3) is 0.409. The Bertz CT molecular complexity index is 2000. The quantitative estimate of drug-likeness (QED) is 0.0540. The number of carbonyl (C=O) groups is 8. The Balaban J connectivity index is 1.52. The number of hydrogen-bond acceptors (Lipinski definition) is 11. The highest BCUT2D eigenvalue weighted by molar-refractivity contribution is 6.16. The maximum absolute atomic E-state index is 14.1. The van der Waals surface area contributed by atoms with Crippen LogP contribution in [0.25, 0.3) is 0 Å². The number of carboxylic acids is 2. The van der Waals surface area contributed by atoms with E-state index >= 15 is 0 Å². The van der Waals surface area contributed by atoms with Gasteiger partial charge in [0.05, 0.1) is 18.5 Å². The van der Waals surface area contributed by atoms with E-state index in [4.69, 9.17) is 11.5 Å². The van der Waals surface area contributed by atoms with Crippen LogP contribution in [-0.2, 0) is 41.6 Å². The maximum Gasteiger partial charge on any atom is 0.326 e. The van der Waals surface area contributed by atoms with Crippen LogP contribution in [-0.4, -0.2) is 107 Å². The minimum absolute atomic E-state index is 0.0246. The van der Waals surface area contributed by atoms with Crippen molar-refractivity contribution in [2.24, 2.45) is 11.5 Å². The fourth-order valence-electron chi connectivity index (χ4n) is 6.95. The van der Waals surface area contributed by atoms with E-state index in [1.165, 1.54) is 0 Å². The summed E-state index contributed by atoms with van der Waals surface area (Å²) >= 11 is 0. The summed E-state index contributed by atoms with van der Waals surface area (Å²) in [6.07, 6.45) is 0.809. The molecule has 4 rings (SSSR count). The molecule has 3 aromatic rings. The lowest BCUT2D eigenvalue weighted by atomic mass is 9.86. The molecule has 0 aromatic heterocycles. The first-order chi connectivity index (χ1) is 29.3. The van der Waals surface area contributed by atoms with E-state index in [0.29, 0.717) is 42.5 Å². The lowest BCUT2D eigenvalue weighted by Crippen LogP contribution is -2.59. The van der Waals surface area contributed by atoms with E-state index < -0.39 is 78.2 Å². The van der Waals surface area contributed by atoms with Crippen LogP contribution in [0.15, 0.2) is 84.9 Å².